The van der Waals surface area contributed by atoms with Crippen LogP contribution in [0.2, 0.25) is 0 Å². The molecule has 0 fully saturated rings. The number of benzene rings is 1. The van der Waals surface area contributed by atoms with E-state index in [1.165, 1.54) is 51.7 Å². The third-order valence-electron chi connectivity index (χ3n) is 7.24. The van der Waals surface area contributed by atoms with E-state index < -0.39 is 0 Å². The minimum Gasteiger partial charge on any atom is -0.333 e. The Morgan fingerprint density at radius 1 is 0.969 bits per heavy atom. The van der Waals surface area contributed by atoms with E-state index in [-0.39, 0.29) is 0 Å². The second-order valence-electron chi connectivity index (χ2n) is 9.24. The van der Waals surface area contributed by atoms with Crippen molar-refractivity contribution in [2.45, 2.75) is 44.6 Å². The Labute approximate surface area is 199 Å². The number of allylic oxidation sites excluding steroid dienone is 13. The summed E-state index contributed by atoms with van der Waals surface area (Å²) in [6, 6.07) is 7.16. The van der Waals surface area contributed by atoms with Crippen LogP contribution < -0.4 is 0 Å². The zero-order valence-corrected chi connectivity index (χ0v) is 19.9. The molecule has 2 heteroatoms. The molecule has 4 aliphatic carbocycles. The van der Waals surface area contributed by atoms with Crippen molar-refractivity contribution in [3.8, 4) is 0 Å². The van der Waals surface area contributed by atoms with Crippen LogP contribution in [0.4, 0.5) is 0 Å². The highest BCUT2D eigenvalue weighted by atomic mass is 79.9. The number of rotatable bonds is 3. The Hall–Kier alpha value is -2.58. The fourth-order valence-electron chi connectivity index (χ4n) is 5.66. The highest BCUT2D eigenvalue weighted by Gasteiger charge is 2.27. The lowest BCUT2D eigenvalue weighted by molar-refractivity contribution is 0.613. The topological polar surface area (TPSA) is 4.93 Å². The molecule has 1 heterocycles. The van der Waals surface area contributed by atoms with Gasteiger partial charge in [-0.05, 0) is 85.1 Å². The zero-order chi connectivity index (χ0) is 21.5. The van der Waals surface area contributed by atoms with Crippen molar-refractivity contribution in [1.82, 2.24) is 4.57 Å². The van der Waals surface area contributed by atoms with Gasteiger partial charge in [0.2, 0.25) is 0 Å². The maximum Gasteiger partial charge on any atom is 0.0566 e. The Balaban J connectivity index is 1.45. The molecule has 0 aliphatic heterocycles. The van der Waals surface area contributed by atoms with Crippen molar-refractivity contribution in [3.63, 3.8) is 0 Å². The maximum atomic E-state index is 3.73. The van der Waals surface area contributed by atoms with Crippen molar-refractivity contribution in [1.29, 1.82) is 0 Å². The molecule has 0 bridgehead atoms. The van der Waals surface area contributed by atoms with E-state index >= 15 is 0 Å². The summed E-state index contributed by atoms with van der Waals surface area (Å²) in [4.78, 5) is 0. The molecule has 160 valence electrons. The lowest BCUT2D eigenvalue weighted by Crippen LogP contribution is -2.14. The van der Waals surface area contributed by atoms with Gasteiger partial charge in [-0.2, -0.15) is 0 Å². The predicted octanol–water partition coefficient (Wildman–Crippen LogP) is 8.57. The molecule has 2 unspecified atom stereocenters. The summed E-state index contributed by atoms with van der Waals surface area (Å²) >= 11 is 3.73. The van der Waals surface area contributed by atoms with Gasteiger partial charge in [0.1, 0.15) is 0 Å². The van der Waals surface area contributed by atoms with Gasteiger partial charge in [-0.3, -0.25) is 0 Å². The fourth-order valence-corrected chi connectivity index (χ4v) is 6.02. The summed E-state index contributed by atoms with van der Waals surface area (Å²) in [7, 11) is 0. The van der Waals surface area contributed by atoms with Crippen LogP contribution in [0.15, 0.2) is 100 Å². The SMILES string of the molecule is Brc1ccc2c(c1)c1c(n2C2C=C(C3=CC=CCC3)C=CC2)C=CC(C2=CCCC=C2)C1. The predicted molar refractivity (Wildman–Crippen MR) is 140 cm³/mol. The Bertz CT molecular complexity index is 1290. The number of hydrogen-bond acceptors (Lipinski definition) is 0. The van der Waals surface area contributed by atoms with Crippen molar-refractivity contribution in [3.05, 3.63) is 111 Å². The molecule has 0 spiro atoms. The third kappa shape index (κ3) is 3.55. The second kappa shape index (κ2) is 8.41. The van der Waals surface area contributed by atoms with Gasteiger partial charge in [0.25, 0.3) is 0 Å². The normalized spacial score (nSPS) is 24.3. The molecule has 1 nitrogen and oxygen atoms in total. The highest BCUT2D eigenvalue weighted by Crippen LogP contribution is 2.41. The molecule has 0 saturated carbocycles. The van der Waals surface area contributed by atoms with Crippen molar-refractivity contribution < 1.29 is 0 Å². The summed E-state index contributed by atoms with van der Waals surface area (Å²) in [5, 5.41) is 1.40. The quantitative estimate of drug-likeness (QED) is 0.413. The molecular formula is C30H28BrN. The van der Waals surface area contributed by atoms with Gasteiger partial charge in [0.15, 0.2) is 0 Å². The van der Waals surface area contributed by atoms with Crippen molar-refractivity contribution >= 4 is 32.9 Å². The smallest absolute Gasteiger partial charge is 0.0566 e. The van der Waals surface area contributed by atoms with Crippen LogP contribution in [0.3, 0.4) is 0 Å². The summed E-state index contributed by atoms with van der Waals surface area (Å²) in [6.45, 7) is 0. The third-order valence-corrected chi connectivity index (χ3v) is 7.73. The Morgan fingerprint density at radius 3 is 2.78 bits per heavy atom. The van der Waals surface area contributed by atoms with Crippen molar-refractivity contribution in [2.75, 3.05) is 0 Å². The van der Waals surface area contributed by atoms with E-state index in [0.717, 1.165) is 30.2 Å². The molecule has 1 aromatic carbocycles. The fraction of sp³-hybridized carbons (Fsp3) is 0.267. The number of aromatic nitrogens is 1. The molecule has 32 heavy (non-hydrogen) atoms. The van der Waals surface area contributed by atoms with Gasteiger partial charge in [-0.15, -0.1) is 0 Å². The van der Waals surface area contributed by atoms with Crippen LogP contribution in [0.25, 0.3) is 17.0 Å². The van der Waals surface area contributed by atoms with E-state index in [0.29, 0.717) is 12.0 Å². The average molecular weight is 482 g/mol. The van der Waals surface area contributed by atoms with Gasteiger partial charge >= 0.3 is 0 Å². The van der Waals surface area contributed by atoms with Gasteiger partial charge in [0, 0.05) is 27.0 Å². The Morgan fingerprint density at radius 2 is 1.94 bits per heavy atom. The molecule has 0 amide bonds. The average Bonchev–Trinajstić information content (AvgIpc) is 3.18. The highest BCUT2D eigenvalue weighted by molar-refractivity contribution is 9.10. The number of fused-ring (bicyclic) bond motifs is 3. The van der Waals surface area contributed by atoms with Crippen LogP contribution in [-0.4, -0.2) is 4.57 Å². The van der Waals surface area contributed by atoms with Crippen LogP contribution in [0, 0.1) is 5.92 Å². The van der Waals surface area contributed by atoms with E-state index in [1.807, 2.05) is 0 Å². The van der Waals surface area contributed by atoms with Gasteiger partial charge in [0.05, 0.1) is 6.04 Å². The molecule has 6 rings (SSSR count). The first-order valence-electron chi connectivity index (χ1n) is 11.9. The van der Waals surface area contributed by atoms with E-state index in [9.17, 15) is 0 Å². The first kappa shape index (κ1) is 20.1. The molecule has 4 aliphatic rings. The second-order valence-corrected chi connectivity index (χ2v) is 10.2. The molecule has 2 aromatic rings. The largest absolute Gasteiger partial charge is 0.333 e. The van der Waals surface area contributed by atoms with Crippen molar-refractivity contribution in [2.24, 2.45) is 5.92 Å². The maximum absolute atomic E-state index is 3.73. The van der Waals surface area contributed by atoms with Crippen LogP contribution in [-0.2, 0) is 6.42 Å². The summed E-state index contributed by atoms with van der Waals surface area (Å²) < 4.78 is 3.75. The van der Waals surface area contributed by atoms with Crippen LogP contribution >= 0.6 is 15.9 Å². The lowest BCUT2D eigenvalue weighted by Gasteiger charge is -2.25. The molecule has 0 saturated heterocycles. The molecule has 0 radical (unpaired) electrons. The minimum atomic E-state index is 0.351. The van der Waals surface area contributed by atoms with Gasteiger partial charge < -0.3 is 4.57 Å². The van der Waals surface area contributed by atoms with Gasteiger partial charge in [-0.25, -0.2) is 0 Å². The first-order valence-corrected chi connectivity index (χ1v) is 12.7. The molecule has 0 N–H and O–H groups in total. The summed E-state index contributed by atoms with van der Waals surface area (Å²) in [5.74, 6) is 0.480. The molecule has 2 atom stereocenters. The number of halogens is 1. The monoisotopic (exact) mass is 481 g/mol. The minimum absolute atomic E-state index is 0.351. The number of hydrogen-bond donors (Lipinski definition) is 0. The van der Waals surface area contributed by atoms with E-state index in [2.05, 4.69) is 106 Å². The molecular weight excluding hydrogens is 454 g/mol. The van der Waals surface area contributed by atoms with E-state index in [4.69, 9.17) is 0 Å². The molecule has 1 aromatic heterocycles. The Kier molecular flexibility index (Phi) is 5.27. The summed E-state index contributed by atoms with van der Waals surface area (Å²) in [5.41, 5.74) is 8.59. The summed E-state index contributed by atoms with van der Waals surface area (Å²) in [6.07, 6.45) is 32.6. The number of nitrogens with zero attached hydrogens (tertiary/aromatic N) is 1. The van der Waals surface area contributed by atoms with E-state index in [1.54, 1.807) is 0 Å². The van der Waals surface area contributed by atoms with Crippen LogP contribution in [0.5, 0.6) is 0 Å². The lowest BCUT2D eigenvalue weighted by atomic mass is 9.84. The first-order chi connectivity index (χ1) is 15.8. The zero-order valence-electron chi connectivity index (χ0n) is 18.3. The van der Waals surface area contributed by atoms with Crippen LogP contribution in [0.1, 0.15) is 49.4 Å². The van der Waals surface area contributed by atoms with Gasteiger partial charge in [-0.1, -0.05) is 76.7 Å². The standard InChI is InChI=1S/C30H28BrN/c31-25-15-17-30-28(20-25)27-19-24(22-10-5-2-6-11-22)14-16-29(27)32(30)26-13-7-12-23(18-26)21-8-3-1-4-9-21/h1,3,5,7-8,10-12,14-18,20,24,26H,2,4,6,9,13,19H2.